The van der Waals surface area contributed by atoms with Crippen LogP contribution in [0.5, 0.6) is 11.5 Å². The van der Waals surface area contributed by atoms with Crippen molar-refractivity contribution in [3.8, 4) is 11.5 Å². The molecule has 1 aliphatic heterocycles. The monoisotopic (exact) mass is 608 g/mol. The first kappa shape index (κ1) is 31.2. The van der Waals surface area contributed by atoms with Crippen molar-refractivity contribution >= 4 is 22.8 Å². The van der Waals surface area contributed by atoms with Crippen LogP contribution in [-0.4, -0.2) is 90.3 Å². The highest BCUT2D eigenvalue weighted by molar-refractivity contribution is 5.98. The number of aliphatic hydroxyl groups is 3. The van der Waals surface area contributed by atoms with Crippen LogP contribution in [0.25, 0.3) is 11.0 Å². The fourth-order valence-electron chi connectivity index (χ4n) is 5.85. The number of amides is 2. The summed E-state index contributed by atoms with van der Waals surface area (Å²) in [5.74, 6) is -1.36. The van der Waals surface area contributed by atoms with E-state index >= 15 is 0 Å². The maximum absolute atomic E-state index is 14.1. The first-order valence-electron chi connectivity index (χ1n) is 14.5. The lowest BCUT2D eigenvalue weighted by Crippen LogP contribution is -2.56. The second kappa shape index (κ2) is 13.6. The Balaban J connectivity index is 1.61. The Kier molecular flexibility index (Phi) is 9.64. The van der Waals surface area contributed by atoms with Gasteiger partial charge in [-0.05, 0) is 49.2 Å². The quantitative estimate of drug-likeness (QED) is 0.175. The molecular formula is C32H36N2O10. The molecule has 0 saturated carbocycles. The zero-order chi connectivity index (χ0) is 31.4. The number of fused-ring (bicyclic) bond motifs is 4. The summed E-state index contributed by atoms with van der Waals surface area (Å²) in [6, 6.07) is 10.5. The summed E-state index contributed by atoms with van der Waals surface area (Å²) in [4.78, 5) is 42.0. The van der Waals surface area contributed by atoms with Crippen LogP contribution in [0.1, 0.15) is 40.7 Å². The molecule has 12 nitrogen and oxygen atoms in total. The van der Waals surface area contributed by atoms with Crippen LogP contribution >= 0.6 is 0 Å². The third-order valence-electron chi connectivity index (χ3n) is 7.88. The highest BCUT2D eigenvalue weighted by Gasteiger charge is 2.51. The van der Waals surface area contributed by atoms with Gasteiger partial charge in [0.2, 0.25) is 5.91 Å². The second-order valence-electron chi connectivity index (χ2n) is 10.6. The number of carbonyl (C=O) groups is 2. The Bertz CT molecular complexity index is 1620. The molecule has 0 spiro atoms. The largest absolute Gasteiger partial charge is 0.493 e. The van der Waals surface area contributed by atoms with Crippen molar-refractivity contribution in [2.45, 2.75) is 44.1 Å². The van der Waals surface area contributed by atoms with Gasteiger partial charge < -0.3 is 44.2 Å². The van der Waals surface area contributed by atoms with Gasteiger partial charge in [0.05, 0.1) is 32.3 Å². The molecule has 4 unspecified atom stereocenters. The number of hydrogen-bond acceptors (Lipinski definition) is 10. The molecule has 2 heterocycles. The normalized spacial score (nSPS) is 20.3. The van der Waals surface area contributed by atoms with Crippen molar-refractivity contribution in [2.75, 3.05) is 40.0 Å². The Hall–Kier alpha value is -4.23. The van der Waals surface area contributed by atoms with Gasteiger partial charge in [-0.3, -0.25) is 9.59 Å². The summed E-state index contributed by atoms with van der Waals surface area (Å²) >= 11 is 0. The van der Waals surface area contributed by atoms with E-state index < -0.39 is 41.6 Å². The van der Waals surface area contributed by atoms with E-state index in [4.69, 9.17) is 18.6 Å². The third kappa shape index (κ3) is 5.93. The molecule has 12 heteroatoms. The fraction of sp³-hybridized carbons (Fsp3) is 0.406. The molecule has 2 amide bonds. The van der Waals surface area contributed by atoms with Gasteiger partial charge in [-0.15, -0.1) is 0 Å². The van der Waals surface area contributed by atoms with E-state index in [1.54, 1.807) is 36.4 Å². The molecule has 3 aromatic rings. The molecule has 0 radical (unpaired) electrons. The predicted octanol–water partition coefficient (Wildman–Crippen LogP) is 1.49. The zero-order valence-electron chi connectivity index (χ0n) is 24.5. The Morgan fingerprint density at radius 3 is 2.66 bits per heavy atom. The summed E-state index contributed by atoms with van der Waals surface area (Å²) in [6.07, 6.45) is -0.471. The maximum atomic E-state index is 14.1. The molecule has 2 aromatic carbocycles. The summed E-state index contributed by atoms with van der Waals surface area (Å²) in [6.45, 7) is 2.10. The van der Waals surface area contributed by atoms with Crippen molar-refractivity contribution in [3.63, 3.8) is 0 Å². The predicted molar refractivity (Wildman–Crippen MR) is 159 cm³/mol. The maximum Gasteiger partial charge on any atom is 0.349 e. The minimum atomic E-state index is -1.34. The number of aliphatic hydroxyl groups excluding tert-OH is 3. The van der Waals surface area contributed by atoms with Gasteiger partial charge in [-0.1, -0.05) is 18.2 Å². The molecule has 4 atom stereocenters. The summed E-state index contributed by atoms with van der Waals surface area (Å²) in [7, 11) is 1.44. The van der Waals surface area contributed by atoms with Gasteiger partial charge >= 0.3 is 5.63 Å². The van der Waals surface area contributed by atoms with Crippen LogP contribution in [0.2, 0.25) is 0 Å². The van der Waals surface area contributed by atoms with Gasteiger partial charge in [0.25, 0.3) is 5.91 Å². The molecule has 234 valence electrons. The number of hydrogen-bond donors (Lipinski definition) is 4. The van der Waals surface area contributed by atoms with Crippen LogP contribution < -0.4 is 20.4 Å². The van der Waals surface area contributed by atoms with Gasteiger partial charge in [-0.25, -0.2) is 4.79 Å². The molecule has 1 aliphatic carbocycles. The molecule has 4 N–H and O–H groups in total. The van der Waals surface area contributed by atoms with Crippen LogP contribution in [0, 0.1) is 0 Å². The summed E-state index contributed by atoms with van der Waals surface area (Å²) in [5, 5.41) is 34.3. The van der Waals surface area contributed by atoms with Crippen LogP contribution in [0.3, 0.4) is 0 Å². The number of nitrogens with one attached hydrogen (secondary N) is 1. The average molecular weight is 609 g/mol. The Morgan fingerprint density at radius 2 is 1.93 bits per heavy atom. The first-order valence-corrected chi connectivity index (χ1v) is 14.5. The standard InChI is InChI=1S/C32H36N2O10/c1-3-42-12-6-10-34(31(39)22-15-19-7-4-5-8-24(19)43-32(22)40)23-16-21(30(38)33-9-11-35)26-20-13-18(17-36)14-25(41-2)28(20)44-29(26)27(23)37/h4-5,7-8,13-16,23,26-27,29,35-37H,3,6,9-12,17H2,1-2H3,(H,33,38). The number of rotatable bonds is 12. The second-order valence-corrected chi connectivity index (χ2v) is 10.6. The van der Waals surface area contributed by atoms with E-state index in [-0.39, 0.29) is 37.4 Å². The molecular weight excluding hydrogens is 572 g/mol. The highest BCUT2D eigenvalue weighted by atomic mass is 16.5. The summed E-state index contributed by atoms with van der Waals surface area (Å²) < 4.78 is 22.7. The van der Waals surface area contributed by atoms with Crippen LogP contribution in [0.15, 0.2) is 63.3 Å². The molecule has 1 aromatic heterocycles. The van der Waals surface area contributed by atoms with E-state index in [1.807, 2.05) is 6.92 Å². The van der Waals surface area contributed by atoms with Crippen molar-refractivity contribution < 1.29 is 43.5 Å². The van der Waals surface area contributed by atoms with E-state index in [0.717, 1.165) is 0 Å². The molecule has 5 rings (SSSR count). The minimum absolute atomic E-state index is 0.0242. The van der Waals surface area contributed by atoms with Gasteiger partial charge in [0, 0.05) is 42.8 Å². The number of para-hydroxylation sites is 1. The summed E-state index contributed by atoms with van der Waals surface area (Å²) in [5.41, 5.74) is 0.524. The van der Waals surface area contributed by atoms with Crippen LogP contribution in [0.4, 0.5) is 0 Å². The van der Waals surface area contributed by atoms with Crippen LogP contribution in [-0.2, 0) is 16.1 Å². The van der Waals surface area contributed by atoms with E-state index in [9.17, 15) is 29.7 Å². The number of ether oxygens (including phenoxy) is 3. The lowest BCUT2D eigenvalue weighted by Gasteiger charge is -2.40. The SMILES string of the molecule is CCOCCCN(C(=O)c1cc2ccccc2oc1=O)C1C=C(C(=O)NCCO)C2c3cc(CO)cc(OC)c3OC2C1O. The fourth-order valence-corrected chi connectivity index (χ4v) is 5.85. The average Bonchev–Trinajstić information content (AvgIpc) is 3.43. The third-order valence-corrected chi connectivity index (χ3v) is 7.88. The van der Waals surface area contributed by atoms with Crippen molar-refractivity contribution in [1.29, 1.82) is 0 Å². The molecule has 2 aliphatic rings. The highest BCUT2D eigenvalue weighted by Crippen LogP contribution is 2.51. The smallest absolute Gasteiger partial charge is 0.349 e. The minimum Gasteiger partial charge on any atom is -0.493 e. The number of nitrogens with zero attached hydrogens (tertiary/aromatic N) is 1. The van der Waals surface area contributed by atoms with Crippen molar-refractivity contribution in [1.82, 2.24) is 10.2 Å². The lowest BCUT2D eigenvalue weighted by atomic mass is 9.77. The lowest BCUT2D eigenvalue weighted by molar-refractivity contribution is -0.118. The number of carbonyl (C=O) groups excluding carboxylic acids is 2. The first-order chi connectivity index (χ1) is 21.3. The van der Waals surface area contributed by atoms with Gasteiger partial charge in [0.1, 0.15) is 23.4 Å². The van der Waals surface area contributed by atoms with E-state index in [1.165, 1.54) is 24.2 Å². The number of benzene rings is 2. The van der Waals surface area contributed by atoms with E-state index in [0.29, 0.717) is 53.2 Å². The zero-order valence-corrected chi connectivity index (χ0v) is 24.5. The Labute approximate surface area is 253 Å². The molecule has 44 heavy (non-hydrogen) atoms. The molecule has 0 saturated heterocycles. The molecule has 0 bridgehead atoms. The van der Waals surface area contributed by atoms with Crippen molar-refractivity contribution in [2.24, 2.45) is 0 Å². The molecule has 0 fully saturated rings. The van der Waals surface area contributed by atoms with Gasteiger partial charge in [-0.2, -0.15) is 0 Å². The number of methoxy groups -OCH3 is 1. The van der Waals surface area contributed by atoms with Gasteiger partial charge in [0.15, 0.2) is 11.5 Å². The van der Waals surface area contributed by atoms with E-state index in [2.05, 4.69) is 5.32 Å². The van der Waals surface area contributed by atoms with Crippen molar-refractivity contribution in [3.05, 3.63) is 81.2 Å². The Morgan fingerprint density at radius 1 is 1.14 bits per heavy atom. The topological polar surface area (TPSA) is 168 Å².